The molecule has 0 unspecified atom stereocenters. The van der Waals surface area contributed by atoms with E-state index in [-0.39, 0.29) is 11.2 Å². The fourth-order valence-electron chi connectivity index (χ4n) is 1.09. The molecule has 0 spiro atoms. The molecule has 2 aromatic rings. The first-order chi connectivity index (χ1) is 6.27. The molecule has 0 radical (unpaired) electrons. The molecule has 0 aliphatic carbocycles. The second-order valence-corrected chi connectivity index (χ2v) is 2.61. The fourth-order valence-corrected chi connectivity index (χ4v) is 1.09. The molecule has 0 aliphatic rings. The smallest absolute Gasteiger partial charge is 0.182 e. The Kier molecular flexibility index (Phi) is 1.66. The summed E-state index contributed by atoms with van der Waals surface area (Å²) in [7, 11) is 0. The normalized spacial score (nSPS) is 10.2. The summed E-state index contributed by atoms with van der Waals surface area (Å²) >= 11 is 0. The number of hydrogen-bond acceptors (Lipinski definition) is 3. The van der Waals surface area contributed by atoms with Gasteiger partial charge in [-0.3, -0.25) is 4.79 Å². The topological polar surface area (TPSA) is 66.2 Å². The number of furan rings is 1. The molecule has 0 bridgehead atoms. The molecule has 0 amide bonds. The van der Waals surface area contributed by atoms with E-state index in [2.05, 4.69) is 4.98 Å². The van der Waals surface area contributed by atoms with Gasteiger partial charge in [0.1, 0.15) is 12.5 Å². The molecule has 0 saturated heterocycles. The Labute approximate surface area is 73.5 Å². The first-order valence-electron chi connectivity index (χ1n) is 3.71. The molecule has 2 aromatic heterocycles. The zero-order valence-corrected chi connectivity index (χ0v) is 6.65. The molecule has 0 aromatic carbocycles. The maximum atomic E-state index is 11.0. The highest BCUT2D eigenvalue weighted by molar-refractivity contribution is 5.64. The maximum Gasteiger partial charge on any atom is 0.182 e. The van der Waals surface area contributed by atoms with Crippen LogP contribution in [-0.2, 0) is 0 Å². The summed E-state index contributed by atoms with van der Waals surface area (Å²) in [5.74, 6) is 0.0156. The summed E-state index contributed by atoms with van der Waals surface area (Å²) in [6, 6.07) is 2.80. The van der Waals surface area contributed by atoms with Crippen LogP contribution < -0.4 is 5.43 Å². The van der Waals surface area contributed by atoms with Gasteiger partial charge in [-0.15, -0.1) is 0 Å². The van der Waals surface area contributed by atoms with Crippen LogP contribution in [0.15, 0.2) is 40.1 Å². The van der Waals surface area contributed by atoms with Crippen LogP contribution in [0.2, 0.25) is 0 Å². The zero-order chi connectivity index (χ0) is 9.26. The number of hydrogen-bond donors (Lipinski definition) is 2. The Morgan fingerprint density at radius 2 is 2.23 bits per heavy atom. The van der Waals surface area contributed by atoms with Crippen molar-refractivity contribution in [2.75, 3.05) is 0 Å². The molecule has 0 saturated carbocycles. The van der Waals surface area contributed by atoms with Crippen LogP contribution in [0.25, 0.3) is 11.3 Å². The van der Waals surface area contributed by atoms with Crippen molar-refractivity contribution in [2.24, 2.45) is 0 Å². The van der Waals surface area contributed by atoms with E-state index < -0.39 is 0 Å². The van der Waals surface area contributed by atoms with Gasteiger partial charge in [-0.1, -0.05) is 0 Å². The minimum absolute atomic E-state index is 0.0156. The summed E-state index contributed by atoms with van der Waals surface area (Å²) in [6.07, 6.45) is 4.10. The van der Waals surface area contributed by atoms with Gasteiger partial charge in [0.15, 0.2) is 11.2 Å². The van der Waals surface area contributed by atoms with Gasteiger partial charge in [-0.25, -0.2) is 0 Å². The molecule has 4 nitrogen and oxygen atoms in total. The lowest BCUT2D eigenvalue weighted by Crippen LogP contribution is -1.97. The predicted octanol–water partition coefficient (Wildman–Crippen LogP) is 1.34. The molecule has 66 valence electrons. The van der Waals surface area contributed by atoms with Crippen molar-refractivity contribution >= 4 is 0 Å². The van der Waals surface area contributed by atoms with Crippen LogP contribution in [0.3, 0.4) is 0 Å². The van der Waals surface area contributed by atoms with Crippen LogP contribution in [-0.4, -0.2) is 10.1 Å². The van der Waals surface area contributed by atoms with Gasteiger partial charge in [0.25, 0.3) is 0 Å². The van der Waals surface area contributed by atoms with Crippen molar-refractivity contribution in [1.82, 2.24) is 4.98 Å². The van der Waals surface area contributed by atoms with E-state index in [1.54, 1.807) is 0 Å². The highest BCUT2D eigenvalue weighted by Crippen LogP contribution is 2.26. The molecule has 4 heteroatoms. The SMILES string of the molecule is O=c1cc[nH]c(-c2cocc2O)c1. The number of aromatic nitrogens is 1. The molecule has 2 heterocycles. The van der Waals surface area contributed by atoms with E-state index in [0.29, 0.717) is 11.3 Å². The number of H-pyrrole nitrogens is 1. The van der Waals surface area contributed by atoms with Crippen molar-refractivity contribution < 1.29 is 9.52 Å². The zero-order valence-electron chi connectivity index (χ0n) is 6.65. The quantitative estimate of drug-likeness (QED) is 0.690. The van der Waals surface area contributed by atoms with Crippen LogP contribution in [0.4, 0.5) is 0 Å². The van der Waals surface area contributed by atoms with Gasteiger partial charge in [-0.05, 0) is 0 Å². The standard InChI is InChI=1S/C9H7NO3/c11-6-1-2-10-8(3-6)7-4-13-5-9(7)12/h1-5,12H,(H,10,11). The number of nitrogens with one attached hydrogen (secondary N) is 1. The summed E-state index contributed by atoms with van der Waals surface area (Å²) < 4.78 is 4.77. The van der Waals surface area contributed by atoms with E-state index in [9.17, 15) is 9.90 Å². The molecule has 13 heavy (non-hydrogen) atoms. The third-order valence-electron chi connectivity index (χ3n) is 1.70. The number of aromatic hydroxyl groups is 1. The van der Waals surface area contributed by atoms with Crippen molar-refractivity contribution in [1.29, 1.82) is 0 Å². The van der Waals surface area contributed by atoms with Crippen molar-refractivity contribution in [3.05, 3.63) is 41.1 Å². The van der Waals surface area contributed by atoms with Crippen LogP contribution in [0, 0.1) is 0 Å². The Bertz CT molecular complexity index is 469. The minimum atomic E-state index is -0.116. The van der Waals surface area contributed by atoms with E-state index >= 15 is 0 Å². The van der Waals surface area contributed by atoms with Gasteiger partial charge in [0.2, 0.25) is 0 Å². The lowest BCUT2D eigenvalue weighted by Gasteiger charge is -1.95. The van der Waals surface area contributed by atoms with E-state index in [0.717, 1.165) is 0 Å². The largest absolute Gasteiger partial charge is 0.504 e. The predicted molar refractivity (Wildman–Crippen MR) is 46.4 cm³/mol. The minimum Gasteiger partial charge on any atom is -0.504 e. The van der Waals surface area contributed by atoms with Gasteiger partial charge in [0.05, 0.1) is 11.3 Å². The summed E-state index contributed by atoms with van der Waals surface area (Å²) in [4.78, 5) is 13.8. The average molecular weight is 177 g/mol. The number of rotatable bonds is 1. The first-order valence-corrected chi connectivity index (χ1v) is 3.71. The Morgan fingerprint density at radius 3 is 2.85 bits per heavy atom. The van der Waals surface area contributed by atoms with Crippen LogP contribution in [0.1, 0.15) is 0 Å². The second-order valence-electron chi connectivity index (χ2n) is 2.61. The fraction of sp³-hybridized carbons (Fsp3) is 0. The third-order valence-corrected chi connectivity index (χ3v) is 1.70. The molecule has 0 fully saturated rings. The van der Waals surface area contributed by atoms with Gasteiger partial charge in [0, 0.05) is 18.3 Å². The number of aromatic amines is 1. The van der Waals surface area contributed by atoms with E-state index in [4.69, 9.17) is 4.42 Å². The third kappa shape index (κ3) is 1.33. The molecular weight excluding hydrogens is 170 g/mol. The van der Waals surface area contributed by atoms with Crippen molar-refractivity contribution in [2.45, 2.75) is 0 Å². The van der Waals surface area contributed by atoms with Gasteiger partial charge < -0.3 is 14.5 Å². The van der Waals surface area contributed by atoms with Gasteiger partial charge >= 0.3 is 0 Å². The molecule has 2 N–H and O–H groups in total. The van der Waals surface area contributed by atoms with E-state index in [1.165, 1.54) is 30.9 Å². The lowest BCUT2D eigenvalue weighted by atomic mass is 10.2. The van der Waals surface area contributed by atoms with E-state index in [1.807, 2.05) is 0 Å². The van der Waals surface area contributed by atoms with Crippen LogP contribution >= 0.6 is 0 Å². The van der Waals surface area contributed by atoms with Crippen LogP contribution in [0.5, 0.6) is 5.75 Å². The average Bonchev–Trinajstić information content (AvgIpc) is 2.51. The molecule has 2 rings (SSSR count). The summed E-state index contributed by atoms with van der Waals surface area (Å²) in [6.45, 7) is 0. The molecule has 0 aliphatic heterocycles. The second kappa shape index (κ2) is 2.82. The lowest BCUT2D eigenvalue weighted by molar-refractivity contribution is 0.459. The first kappa shape index (κ1) is 7.67. The highest BCUT2D eigenvalue weighted by atomic mass is 16.3. The summed E-state index contributed by atoms with van der Waals surface area (Å²) in [5, 5.41) is 9.28. The van der Waals surface area contributed by atoms with Gasteiger partial charge in [-0.2, -0.15) is 0 Å². The van der Waals surface area contributed by atoms with Crippen molar-refractivity contribution in [3.8, 4) is 17.0 Å². The Morgan fingerprint density at radius 1 is 1.38 bits per heavy atom. The van der Waals surface area contributed by atoms with Crippen molar-refractivity contribution in [3.63, 3.8) is 0 Å². The maximum absolute atomic E-state index is 11.0. The molecular formula is C9H7NO3. The summed E-state index contributed by atoms with van der Waals surface area (Å²) in [5.41, 5.74) is 0.908. The molecule has 0 atom stereocenters. The monoisotopic (exact) mass is 177 g/mol. The Hall–Kier alpha value is -1.97. The number of pyridine rings is 1. The Balaban J connectivity index is 2.59. The highest BCUT2D eigenvalue weighted by Gasteiger charge is 2.06.